The number of benzene rings is 1. The molecule has 1 aromatic carbocycles. The fraction of sp³-hybridized carbons (Fsp3) is 0.385. The van der Waals surface area contributed by atoms with Gasteiger partial charge in [-0.3, -0.25) is 10.2 Å². The van der Waals surface area contributed by atoms with Crippen molar-refractivity contribution in [1.82, 2.24) is 10.3 Å². The van der Waals surface area contributed by atoms with E-state index in [4.69, 9.17) is 11.1 Å². The Morgan fingerprint density at radius 3 is 2.72 bits per heavy atom. The molecule has 0 spiro atoms. The second kappa shape index (κ2) is 7.43. The molecule has 1 aromatic rings. The van der Waals surface area contributed by atoms with E-state index in [1.807, 2.05) is 31.3 Å². The van der Waals surface area contributed by atoms with E-state index in [0.717, 1.165) is 17.7 Å². The summed E-state index contributed by atoms with van der Waals surface area (Å²) in [5.74, 6) is 4.88. The average Bonchev–Trinajstić information content (AvgIpc) is 2.38. The molecule has 0 saturated carbocycles. The van der Waals surface area contributed by atoms with Crippen LogP contribution in [0.1, 0.15) is 17.5 Å². The van der Waals surface area contributed by atoms with E-state index in [9.17, 15) is 4.79 Å². The van der Waals surface area contributed by atoms with Gasteiger partial charge >= 0.3 is 0 Å². The van der Waals surface area contributed by atoms with E-state index in [1.165, 1.54) is 0 Å². The molecule has 0 aliphatic rings. The molecule has 1 rings (SSSR count). The summed E-state index contributed by atoms with van der Waals surface area (Å²) in [6.07, 6.45) is 0.778. The minimum atomic E-state index is -0.206. The zero-order valence-corrected chi connectivity index (χ0v) is 10.5. The number of nitrogens with two attached hydrogens (primary N) is 1. The van der Waals surface area contributed by atoms with Gasteiger partial charge in [-0.1, -0.05) is 24.3 Å². The average molecular weight is 246 g/mol. The molecule has 1 amide bonds. The minimum absolute atomic E-state index is 0.206. The topological polar surface area (TPSA) is 82.2 Å². The van der Waals surface area contributed by atoms with Gasteiger partial charge in [-0.2, -0.15) is 5.26 Å². The van der Waals surface area contributed by atoms with E-state index < -0.39 is 0 Å². The summed E-state index contributed by atoms with van der Waals surface area (Å²) in [5.41, 5.74) is 4.18. The Hall–Kier alpha value is -1.90. The van der Waals surface area contributed by atoms with Crippen LogP contribution in [-0.2, 0) is 17.8 Å². The molecule has 96 valence electrons. The molecule has 0 radical (unpaired) electrons. The highest BCUT2D eigenvalue weighted by molar-refractivity contribution is 5.78. The Labute approximate surface area is 107 Å². The number of hydrazine groups is 1. The molecule has 5 nitrogen and oxygen atoms in total. The Bertz CT molecular complexity index is 439. The van der Waals surface area contributed by atoms with Crippen LogP contribution in [0.4, 0.5) is 0 Å². The number of nitrogens with one attached hydrogen (secondary N) is 1. The van der Waals surface area contributed by atoms with Gasteiger partial charge < -0.3 is 4.90 Å². The van der Waals surface area contributed by atoms with E-state index in [0.29, 0.717) is 13.0 Å². The molecule has 5 heteroatoms. The summed E-state index contributed by atoms with van der Waals surface area (Å²) in [5, 5.41) is 8.54. The largest absolute Gasteiger partial charge is 0.301 e. The summed E-state index contributed by atoms with van der Waals surface area (Å²) in [4.78, 5) is 13.4. The van der Waals surface area contributed by atoms with Crippen molar-refractivity contribution in [2.45, 2.75) is 19.4 Å². The monoisotopic (exact) mass is 246 g/mol. The SMILES string of the molecule is CN(CCC#N)Cc1ccccc1CC(=O)NN. The number of hydrogen-bond acceptors (Lipinski definition) is 4. The van der Waals surface area contributed by atoms with Gasteiger partial charge in [-0.05, 0) is 18.2 Å². The van der Waals surface area contributed by atoms with Crippen LogP contribution in [0.5, 0.6) is 0 Å². The van der Waals surface area contributed by atoms with Gasteiger partial charge in [0, 0.05) is 19.5 Å². The maximum absolute atomic E-state index is 11.3. The summed E-state index contributed by atoms with van der Waals surface area (Å²) in [7, 11) is 1.96. The van der Waals surface area contributed by atoms with Crippen molar-refractivity contribution < 1.29 is 4.79 Å². The highest BCUT2D eigenvalue weighted by atomic mass is 16.2. The number of nitriles is 1. The molecule has 0 heterocycles. The molecular weight excluding hydrogens is 228 g/mol. The van der Waals surface area contributed by atoms with Crippen molar-refractivity contribution in [2.24, 2.45) is 5.84 Å². The number of amides is 1. The van der Waals surface area contributed by atoms with Crippen molar-refractivity contribution in [2.75, 3.05) is 13.6 Å². The maximum Gasteiger partial charge on any atom is 0.238 e. The van der Waals surface area contributed by atoms with Gasteiger partial charge in [0.25, 0.3) is 0 Å². The lowest BCUT2D eigenvalue weighted by molar-refractivity contribution is -0.120. The second-order valence-electron chi connectivity index (χ2n) is 4.16. The maximum atomic E-state index is 11.3. The third kappa shape index (κ3) is 4.53. The number of hydrogen-bond donors (Lipinski definition) is 2. The molecule has 0 aliphatic heterocycles. The molecule has 0 saturated heterocycles. The van der Waals surface area contributed by atoms with Crippen LogP contribution in [0.25, 0.3) is 0 Å². The highest BCUT2D eigenvalue weighted by Gasteiger charge is 2.08. The fourth-order valence-electron chi connectivity index (χ4n) is 1.72. The predicted octanol–water partition coefficient (Wildman–Crippen LogP) is 0.564. The van der Waals surface area contributed by atoms with Crippen LogP contribution in [0.15, 0.2) is 24.3 Å². The first-order valence-electron chi connectivity index (χ1n) is 5.79. The molecule has 0 unspecified atom stereocenters. The van der Waals surface area contributed by atoms with Crippen LogP contribution in [-0.4, -0.2) is 24.4 Å². The number of nitrogens with zero attached hydrogens (tertiary/aromatic N) is 2. The van der Waals surface area contributed by atoms with E-state index in [1.54, 1.807) is 0 Å². The number of rotatable bonds is 6. The Morgan fingerprint density at radius 1 is 1.44 bits per heavy atom. The lowest BCUT2D eigenvalue weighted by atomic mass is 10.0. The second-order valence-corrected chi connectivity index (χ2v) is 4.16. The minimum Gasteiger partial charge on any atom is -0.301 e. The third-order valence-corrected chi connectivity index (χ3v) is 2.68. The first kappa shape index (κ1) is 14.2. The Balaban J connectivity index is 2.70. The molecule has 18 heavy (non-hydrogen) atoms. The Morgan fingerprint density at radius 2 is 2.11 bits per heavy atom. The smallest absolute Gasteiger partial charge is 0.238 e. The van der Waals surface area contributed by atoms with Crippen molar-refractivity contribution >= 4 is 5.91 Å². The summed E-state index contributed by atoms with van der Waals surface area (Å²) in [6, 6.07) is 9.87. The number of carbonyl (C=O) groups is 1. The lowest BCUT2D eigenvalue weighted by Crippen LogP contribution is -2.32. The highest BCUT2D eigenvalue weighted by Crippen LogP contribution is 2.12. The van der Waals surface area contributed by atoms with E-state index >= 15 is 0 Å². The summed E-state index contributed by atoms with van der Waals surface area (Å²) in [6.45, 7) is 1.43. The summed E-state index contributed by atoms with van der Waals surface area (Å²) < 4.78 is 0. The van der Waals surface area contributed by atoms with E-state index in [-0.39, 0.29) is 12.3 Å². The molecule has 0 bridgehead atoms. The van der Waals surface area contributed by atoms with E-state index in [2.05, 4.69) is 16.4 Å². The van der Waals surface area contributed by atoms with Crippen molar-refractivity contribution in [3.05, 3.63) is 35.4 Å². The van der Waals surface area contributed by atoms with Gasteiger partial charge in [-0.15, -0.1) is 0 Å². The van der Waals surface area contributed by atoms with Crippen LogP contribution < -0.4 is 11.3 Å². The molecule has 0 aromatic heterocycles. The van der Waals surface area contributed by atoms with Crippen LogP contribution in [0.2, 0.25) is 0 Å². The third-order valence-electron chi connectivity index (χ3n) is 2.68. The molecule has 3 N–H and O–H groups in total. The van der Waals surface area contributed by atoms with Crippen LogP contribution in [0.3, 0.4) is 0 Å². The predicted molar refractivity (Wildman–Crippen MR) is 69.0 cm³/mol. The molecule has 0 fully saturated rings. The molecule has 0 aliphatic carbocycles. The van der Waals surface area contributed by atoms with Crippen molar-refractivity contribution in [3.8, 4) is 6.07 Å². The first-order valence-corrected chi connectivity index (χ1v) is 5.79. The number of carbonyl (C=O) groups excluding carboxylic acids is 1. The fourth-order valence-corrected chi connectivity index (χ4v) is 1.72. The molecular formula is C13H18N4O. The van der Waals surface area contributed by atoms with Crippen LogP contribution >= 0.6 is 0 Å². The normalized spacial score (nSPS) is 10.1. The van der Waals surface area contributed by atoms with Gasteiger partial charge in [-0.25, -0.2) is 5.84 Å². The van der Waals surface area contributed by atoms with Gasteiger partial charge in [0.15, 0.2) is 0 Å². The van der Waals surface area contributed by atoms with Gasteiger partial charge in [0.1, 0.15) is 0 Å². The zero-order valence-electron chi connectivity index (χ0n) is 10.5. The van der Waals surface area contributed by atoms with Gasteiger partial charge in [0.2, 0.25) is 5.91 Å². The quantitative estimate of drug-likeness (QED) is 0.436. The Kier molecular flexibility index (Phi) is 5.85. The standard InChI is InChI=1S/C13H18N4O/c1-17(8-4-7-14)10-12-6-3-2-5-11(12)9-13(18)16-15/h2-3,5-6H,4,8-10,15H2,1H3,(H,16,18). The summed E-state index contributed by atoms with van der Waals surface area (Å²) >= 11 is 0. The first-order chi connectivity index (χ1) is 8.67. The lowest BCUT2D eigenvalue weighted by Gasteiger charge is -2.17. The zero-order chi connectivity index (χ0) is 13.4. The van der Waals surface area contributed by atoms with Crippen molar-refractivity contribution in [3.63, 3.8) is 0 Å². The van der Waals surface area contributed by atoms with Gasteiger partial charge in [0.05, 0.1) is 12.5 Å². The van der Waals surface area contributed by atoms with Crippen molar-refractivity contribution in [1.29, 1.82) is 5.26 Å². The molecule has 0 atom stereocenters. The van der Waals surface area contributed by atoms with Crippen LogP contribution in [0, 0.1) is 11.3 Å².